The van der Waals surface area contributed by atoms with Gasteiger partial charge in [0, 0.05) is 34.0 Å². The number of allylic oxidation sites excluding steroid dienone is 4. The second-order valence-corrected chi connectivity index (χ2v) is 24.2. The first-order chi connectivity index (χ1) is 38.0. The van der Waals surface area contributed by atoms with E-state index in [1.165, 1.54) is 111 Å². The quantitative estimate of drug-likeness (QED) is 0.170. The predicted octanol–water partition coefficient (Wildman–Crippen LogP) is 19.5. The van der Waals surface area contributed by atoms with Crippen LogP contribution in [0.5, 0.6) is 11.5 Å². The van der Waals surface area contributed by atoms with Gasteiger partial charge in [0.05, 0.1) is 16.5 Å². The second-order valence-electron chi connectivity index (χ2n) is 24.2. The largest absolute Gasteiger partial charge is 0.457 e. The topological polar surface area (TPSA) is 12.5 Å². The lowest BCUT2D eigenvalue weighted by Gasteiger charge is -2.41. The van der Waals surface area contributed by atoms with Gasteiger partial charge in [-0.15, -0.1) is 0 Å². The van der Waals surface area contributed by atoms with Crippen molar-refractivity contribution in [3.05, 3.63) is 310 Å². The van der Waals surface area contributed by atoms with Crippen molar-refractivity contribution in [3.8, 4) is 56.0 Å². The minimum absolute atomic E-state index is 0.0232. The number of hydrogen-bond donors (Lipinski definition) is 0. The van der Waals surface area contributed by atoms with Crippen molar-refractivity contribution in [2.75, 3.05) is 4.90 Å². The number of para-hydroxylation sites is 1. The van der Waals surface area contributed by atoms with Gasteiger partial charge in [0.2, 0.25) is 0 Å². The molecule has 10 aromatic carbocycles. The summed E-state index contributed by atoms with van der Waals surface area (Å²) in [6.07, 6.45) is 7.93. The molecule has 0 radical (unpaired) electrons. The van der Waals surface area contributed by atoms with Gasteiger partial charge in [0.25, 0.3) is 0 Å². The zero-order valence-corrected chi connectivity index (χ0v) is 45.2. The summed E-state index contributed by atoms with van der Waals surface area (Å²) in [6, 6.07) is 85.3. The highest BCUT2D eigenvalue weighted by atomic mass is 16.5. The minimum atomic E-state index is -0.640. The van der Waals surface area contributed by atoms with E-state index in [0.717, 1.165) is 29.3 Å². The fraction of sp³-hybridized carbons (Fsp3) is 0.158. The normalized spacial score (nSPS) is 16.2. The number of anilines is 2. The molecule has 376 valence electrons. The van der Waals surface area contributed by atoms with Crippen molar-refractivity contribution < 1.29 is 4.74 Å². The molecule has 0 amide bonds. The van der Waals surface area contributed by atoms with E-state index in [1.54, 1.807) is 0 Å². The number of ether oxygens (including phenoxy) is 1. The van der Waals surface area contributed by atoms with Crippen LogP contribution in [0.4, 0.5) is 11.4 Å². The van der Waals surface area contributed by atoms with Crippen LogP contribution in [-0.4, -0.2) is 0 Å². The van der Waals surface area contributed by atoms with Crippen LogP contribution in [0.25, 0.3) is 44.5 Å². The predicted molar refractivity (Wildman–Crippen MR) is 323 cm³/mol. The summed E-state index contributed by atoms with van der Waals surface area (Å²) in [4.78, 5) is 2.63. The van der Waals surface area contributed by atoms with Crippen molar-refractivity contribution in [3.63, 3.8) is 0 Å². The molecule has 0 aromatic heterocycles. The summed E-state index contributed by atoms with van der Waals surface area (Å²) >= 11 is 0. The lowest BCUT2D eigenvalue weighted by Crippen LogP contribution is -2.33. The summed E-state index contributed by atoms with van der Waals surface area (Å²) in [6.45, 7) is 13.9. The Balaban J connectivity index is 0.990. The molecule has 2 heteroatoms. The van der Waals surface area contributed by atoms with E-state index in [-0.39, 0.29) is 16.7 Å². The standard InChI is InChI=1S/C76H61NO/c1-73(2,3)49-39-43-70-66(45-49)76(67-46-50(74(4,5)6)40-44-71(67)78-70)63-35-19-13-30-59(63)72-58(31-22-36-64(72)76)57-29-15-21-38-69(57)77(68-37-20-14-25-52(68)48-23-8-7-9-24-48)51-41-42-56-55-28-12-18-34-62(55)75(65(56)47-51)60-32-16-10-26-53(60)54-27-11-17-33-61(54)75/h7-28,30-47,57H,29H2,1-6H3. The van der Waals surface area contributed by atoms with Crippen LogP contribution in [0.3, 0.4) is 0 Å². The van der Waals surface area contributed by atoms with Crippen LogP contribution in [0, 0.1) is 0 Å². The number of hydrogen-bond acceptors (Lipinski definition) is 2. The Morgan fingerprint density at radius 1 is 0.410 bits per heavy atom. The zero-order valence-electron chi connectivity index (χ0n) is 45.2. The van der Waals surface area contributed by atoms with Gasteiger partial charge in [-0.2, -0.15) is 0 Å². The Labute approximate surface area is 459 Å². The van der Waals surface area contributed by atoms with Crippen LogP contribution < -0.4 is 9.64 Å². The van der Waals surface area contributed by atoms with Gasteiger partial charge < -0.3 is 9.64 Å². The van der Waals surface area contributed by atoms with Gasteiger partial charge in [-0.25, -0.2) is 0 Å². The van der Waals surface area contributed by atoms with Gasteiger partial charge in [0.1, 0.15) is 11.5 Å². The van der Waals surface area contributed by atoms with Crippen molar-refractivity contribution >= 4 is 11.4 Å². The van der Waals surface area contributed by atoms with Crippen LogP contribution in [0.2, 0.25) is 0 Å². The Morgan fingerprint density at radius 2 is 0.897 bits per heavy atom. The molecule has 1 aliphatic heterocycles. The average molecular weight is 1000 g/mol. The zero-order chi connectivity index (χ0) is 52.7. The highest BCUT2D eigenvalue weighted by Crippen LogP contribution is 2.66. The SMILES string of the molecule is CC(C)(C)c1ccc2c(c1)C1(c3cc(C(C)(C)C)ccc3O2)c2ccccc2-c2c(C3CC=CC=C3N(c3ccc4c(c3)C3(c5ccccc5-c5ccccc53)c3ccccc3-4)c3ccccc3-c3ccccc3)cccc21. The van der Waals surface area contributed by atoms with Crippen LogP contribution in [0.1, 0.15) is 115 Å². The molecule has 2 spiro atoms. The third-order valence-corrected chi connectivity index (χ3v) is 18.1. The van der Waals surface area contributed by atoms with E-state index in [0.29, 0.717) is 0 Å². The Kier molecular flexibility index (Phi) is 10.1. The van der Waals surface area contributed by atoms with Gasteiger partial charge in [-0.1, -0.05) is 236 Å². The molecule has 0 bridgehead atoms. The minimum Gasteiger partial charge on any atom is -0.457 e. The molecule has 0 saturated carbocycles. The molecule has 78 heavy (non-hydrogen) atoms. The van der Waals surface area contributed by atoms with E-state index in [9.17, 15) is 0 Å². The summed E-state index contributed by atoms with van der Waals surface area (Å²) in [5.74, 6) is 1.81. The van der Waals surface area contributed by atoms with Crippen LogP contribution in [0.15, 0.2) is 248 Å². The Hall–Kier alpha value is -8.72. The van der Waals surface area contributed by atoms with Gasteiger partial charge in [-0.05, 0) is 155 Å². The molecule has 0 fully saturated rings. The van der Waals surface area contributed by atoms with Crippen LogP contribution in [-0.2, 0) is 21.7 Å². The molecule has 2 nitrogen and oxygen atoms in total. The average Bonchev–Trinajstić information content (AvgIpc) is 3.95. The molecule has 15 rings (SSSR count). The van der Waals surface area contributed by atoms with Crippen LogP contribution >= 0.6 is 0 Å². The van der Waals surface area contributed by atoms with Crippen molar-refractivity contribution in [1.82, 2.24) is 0 Å². The first kappa shape index (κ1) is 46.6. The maximum Gasteiger partial charge on any atom is 0.132 e. The summed E-state index contributed by atoms with van der Waals surface area (Å²) in [5, 5.41) is 0. The van der Waals surface area contributed by atoms with Gasteiger partial charge in [-0.3, -0.25) is 0 Å². The molecular formula is C76H61NO. The number of nitrogens with zero attached hydrogens (tertiary/aromatic N) is 1. The fourth-order valence-electron chi connectivity index (χ4n) is 14.6. The van der Waals surface area contributed by atoms with Crippen molar-refractivity contribution in [2.45, 2.75) is 75.5 Å². The number of rotatable bonds is 5. The summed E-state index contributed by atoms with van der Waals surface area (Å²) in [5.41, 5.74) is 26.7. The molecule has 0 N–H and O–H groups in total. The molecule has 1 unspecified atom stereocenters. The van der Waals surface area contributed by atoms with Crippen molar-refractivity contribution in [1.29, 1.82) is 0 Å². The lowest BCUT2D eigenvalue weighted by molar-refractivity contribution is 0.433. The third kappa shape index (κ3) is 6.44. The first-order valence-corrected chi connectivity index (χ1v) is 27.9. The molecule has 5 aliphatic rings. The third-order valence-electron chi connectivity index (χ3n) is 18.1. The fourth-order valence-corrected chi connectivity index (χ4v) is 14.6. The van der Waals surface area contributed by atoms with E-state index < -0.39 is 10.8 Å². The summed E-state index contributed by atoms with van der Waals surface area (Å²) < 4.78 is 7.07. The smallest absolute Gasteiger partial charge is 0.132 e. The number of benzene rings is 10. The second kappa shape index (κ2) is 16.9. The monoisotopic (exact) mass is 1000 g/mol. The van der Waals surface area contributed by atoms with E-state index in [1.807, 2.05) is 0 Å². The van der Waals surface area contributed by atoms with E-state index in [2.05, 4.69) is 289 Å². The molecule has 1 atom stereocenters. The highest BCUT2D eigenvalue weighted by Gasteiger charge is 2.54. The molecule has 0 saturated heterocycles. The molecular weight excluding hydrogens is 943 g/mol. The van der Waals surface area contributed by atoms with E-state index >= 15 is 0 Å². The maximum absolute atomic E-state index is 7.07. The van der Waals surface area contributed by atoms with Crippen molar-refractivity contribution in [2.24, 2.45) is 0 Å². The Morgan fingerprint density at radius 3 is 1.49 bits per heavy atom. The lowest BCUT2D eigenvalue weighted by atomic mass is 9.64. The van der Waals surface area contributed by atoms with Gasteiger partial charge >= 0.3 is 0 Å². The molecule has 1 heterocycles. The van der Waals surface area contributed by atoms with E-state index in [4.69, 9.17) is 4.74 Å². The molecule has 10 aromatic rings. The maximum atomic E-state index is 7.07. The van der Waals surface area contributed by atoms with Gasteiger partial charge in [0.15, 0.2) is 0 Å². The molecule has 4 aliphatic carbocycles. The number of fused-ring (bicyclic) bond motifs is 19. The Bertz CT molecular complexity index is 4060. The summed E-state index contributed by atoms with van der Waals surface area (Å²) in [7, 11) is 0. The highest BCUT2D eigenvalue weighted by molar-refractivity contribution is 5.97. The first-order valence-electron chi connectivity index (χ1n) is 27.9.